The molecular weight excluding hydrogens is 277 g/mol. The smallest absolute Gasteiger partial charge is 0.230 e. The number of benzene rings is 1. The number of anilines is 1. The molecule has 0 saturated carbocycles. The monoisotopic (exact) mass is 296 g/mol. The first-order valence-corrected chi connectivity index (χ1v) is 6.99. The van der Waals surface area contributed by atoms with Crippen molar-refractivity contribution in [3.63, 3.8) is 0 Å². The topological polar surface area (TPSA) is 90.3 Å². The van der Waals surface area contributed by atoms with Crippen molar-refractivity contribution in [1.29, 1.82) is 0 Å². The maximum atomic E-state index is 13.0. The average Bonchev–Trinajstić information content (AvgIpc) is 2.45. The van der Waals surface area contributed by atoms with Gasteiger partial charge in [-0.2, -0.15) is 0 Å². The molecule has 0 radical (unpaired) electrons. The number of carboxylic acid groups (broad SMARTS) is 1. The number of hydrogen-bond acceptors (Lipinski definition) is 3. The number of piperazine rings is 1. The van der Waals surface area contributed by atoms with Gasteiger partial charge < -0.3 is 25.4 Å². The molecule has 7 heteroatoms. The number of aliphatic carboxylic acids is 1. The number of amides is 1. The highest BCUT2D eigenvalue weighted by Gasteiger charge is 2.29. The fourth-order valence-electron chi connectivity index (χ4n) is 2.55. The Balaban J connectivity index is 1.96. The number of nitrogens with two attached hydrogens (primary N) is 1. The van der Waals surface area contributed by atoms with E-state index in [-0.39, 0.29) is 6.42 Å². The van der Waals surface area contributed by atoms with Gasteiger partial charge in [0.05, 0.1) is 12.4 Å². The van der Waals surface area contributed by atoms with Crippen molar-refractivity contribution in [2.24, 2.45) is 0 Å². The predicted molar refractivity (Wildman–Crippen MR) is 70.8 cm³/mol. The van der Waals surface area contributed by atoms with Crippen molar-refractivity contribution in [2.45, 2.75) is 12.5 Å². The molecule has 0 bridgehead atoms. The molecule has 1 aromatic carbocycles. The van der Waals surface area contributed by atoms with Gasteiger partial charge >= 0.3 is 0 Å². The first kappa shape index (κ1) is 15.4. The molecule has 4 N–H and O–H groups in total. The summed E-state index contributed by atoms with van der Waals surface area (Å²) in [5.41, 5.74) is 0.319. The van der Waals surface area contributed by atoms with E-state index in [1.807, 2.05) is 0 Å². The van der Waals surface area contributed by atoms with Crippen LogP contribution < -0.4 is 20.6 Å². The number of halogens is 1. The van der Waals surface area contributed by atoms with E-state index in [1.165, 1.54) is 18.2 Å². The summed E-state index contributed by atoms with van der Waals surface area (Å²) in [4.78, 5) is 24.0. The minimum absolute atomic E-state index is 0.172. The minimum atomic E-state index is -1.22. The van der Waals surface area contributed by atoms with Gasteiger partial charge in [-0.25, -0.2) is 4.39 Å². The number of carboxylic acids is 1. The molecule has 1 heterocycles. The van der Waals surface area contributed by atoms with Crippen LogP contribution in [0.4, 0.5) is 10.1 Å². The van der Waals surface area contributed by atoms with Crippen LogP contribution in [0.15, 0.2) is 24.3 Å². The fraction of sp³-hybridized carbons (Fsp3) is 0.429. The molecule has 0 spiro atoms. The predicted octanol–water partition coefficient (Wildman–Crippen LogP) is -3.27. The second-order valence-electron chi connectivity index (χ2n) is 5.16. The molecule has 114 valence electrons. The van der Waals surface area contributed by atoms with E-state index >= 15 is 0 Å². The Morgan fingerprint density at radius 1 is 1.38 bits per heavy atom. The standard InChI is InChI=1S/C14H18FN3O3/c15-10-2-1-3-11(8-10)17-13(19)9-12(14(20)21)18-6-4-16-5-7-18/h1-3,8,12,16H,4-7,9H2,(H,17,19)(H,20,21)/p+1/t12-/m1/s1. The summed E-state index contributed by atoms with van der Waals surface area (Å²) in [6.45, 7) is 3.05. The summed E-state index contributed by atoms with van der Waals surface area (Å²) in [6.07, 6.45) is -0.172. The number of carbonyl (C=O) groups excluding carboxylic acids is 2. The highest BCUT2D eigenvalue weighted by molar-refractivity contribution is 5.93. The first-order chi connectivity index (χ1) is 10.1. The van der Waals surface area contributed by atoms with Crippen molar-refractivity contribution >= 4 is 17.6 Å². The molecular formula is C14H19FN3O3+. The average molecular weight is 296 g/mol. The summed E-state index contributed by atoms with van der Waals surface area (Å²) < 4.78 is 13.0. The maximum Gasteiger partial charge on any atom is 0.230 e. The van der Waals surface area contributed by atoms with Gasteiger partial charge in [0.15, 0.2) is 0 Å². The normalized spacial score (nSPS) is 17.2. The number of rotatable bonds is 5. The molecule has 1 fully saturated rings. The van der Waals surface area contributed by atoms with Crippen molar-refractivity contribution < 1.29 is 29.3 Å². The number of carbonyl (C=O) groups is 2. The van der Waals surface area contributed by atoms with Crippen LogP contribution in [0.5, 0.6) is 0 Å². The summed E-state index contributed by atoms with van der Waals surface area (Å²) in [7, 11) is 0. The van der Waals surface area contributed by atoms with E-state index in [9.17, 15) is 19.1 Å². The SMILES string of the molecule is O=C(C[C@H](C(=O)[O-])[NH+]1CC[NH2+]CC1)Nc1cccc(F)c1. The third kappa shape index (κ3) is 4.51. The minimum Gasteiger partial charge on any atom is -0.544 e. The zero-order chi connectivity index (χ0) is 15.2. The van der Waals surface area contributed by atoms with E-state index in [1.54, 1.807) is 6.07 Å². The van der Waals surface area contributed by atoms with E-state index in [2.05, 4.69) is 10.6 Å². The van der Waals surface area contributed by atoms with Crippen LogP contribution in [0.1, 0.15) is 6.42 Å². The first-order valence-electron chi connectivity index (χ1n) is 6.99. The van der Waals surface area contributed by atoms with Gasteiger partial charge in [0, 0.05) is 5.69 Å². The van der Waals surface area contributed by atoms with Crippen LogP contribution in [0.25, 0.3) is 0 Å². The molecule has 1 aliphatic rings. The maximum absolute atomic E-state index is 13.0. The Hall–Kier alpha value is -1.99. The lowest BCUT2D eigenvalue weighted by Crippen LogP contribution is -3.24. The highest BCUT2D eigenvalue weighted by atomic mass is 19.1. The molecule has 6 nitrogen and oxygen atoms in total. The van der Waals surface area contributed by atoms with Gasteiger partial charge in [0.1, 0.15) is 38.0 Å². The van der Waals surface area contributed by atoms with Crippen molar-refractivity contribution in [3.05, 3.63) is 30.1 Å². The summed E-state index contributed by atoms with van der Waals surface area (Å²) >= 11 is 0. The van der Waals surface area contributed by atoms with E-state index < -0.39 is 23.7 Å². The molecule has 21 heavy (non-hydrogen) atoms. The summed E-state index contributed by atoms with van der Waals surface area (Å²) in [6, 6.07) is 4.63. The Kier molecular flexibility index (Phi) is 5.24. The van der Waals surface area contributed by atoms with Gasteiger partial charge in [-0.15, -0.1) is 0 Å². The second kappa shape index (κ2) is 7.14. The lowest BCUT2D eigenvalue weighted by atomic mass is 10.1. The Bertz CT molecular complexity index is 518. The molecule has 1 atom stereocenters. The van der Waals surface area contributed by atoms with Gasteiger partial charge in [-0.3, -0.25) is 4.79 Å². The lowest BCUT2D eigenvalue weighted by Gasteiger charge is -2.30. The fourth-order valence-corrected chi connectivity index (χ4v) is 2.55. The Morgan fingerprint density at radius 3 is 2.71 bits per heavy atom. The molecule has 2 rings (SSSR count). The largest absolute Gasteiger partial charge is 0.544 e. The zero-order valence-corrected chi connectivity index (χ0v) is 11.6. The van der Waals surface area contributed by atoms with Crippen molar-refractivity contribution in [1.82, 2.24) is 0 Å². The molecule has 1 saturated heterocycles. The Labute approximate surface area is 121 Å². The van der Waals surface area contributed by atoms with Gasteiger partial charge in [-0.05, 0) is 18.2 Å². The van der Waals surface area contributed by atoms with E-state index in [0.717, 1.165) is 18.0 Å². The number of hydrogen-bond donors (Lipinski definition) is 3. The lowest BCUT2D eigenvalue weighted by molar-refractivity contribution is -0.961. The van der Waals surface area contributed by atoms with Crippen LogP contribution in [0.2, 0.25) is 0 Å². The van der Waals surface area contributed by atoms with Crippen molar-refractivity contribution in [2.75, 3.05) is 31.5 Å². The molecule has 0 aromatic heterocycles. The number of nitrogens with one attached hydrogen (secondary N) is 2. The van der Waals surface area contributed by atoms with Crippen LogP contribution in [0, 0.1) is 5.82 Å². The van der Waals surface area contributed by atoms with Crippen LogP contribution in [-0.2, 0) is 9.59 Å². The summed E-state index contributed by atoms with van der Waals surface area (Å²) in [5.74, 6) is -2.13. The molecule has 1 aromatic rings. The third-order valence-corrected chi connectivity index (χ3v) is 3.61. The number of quaternary nitrogens is 2. The quantitative estimate of drug-likeness (QED) is 0.533. The Morgan fingerprint density at radius 2 is 2.10 bits per heavy atom. The third-order valence-electron chi connectivity index (χ3n) is 3.61. The van der Waals surface area contributed by atoms with Gasteiger partial charge in [0.25, 0.3) is 0 Å². The van der Waals surface area contributed by atoms with Crippen LogP contribution >= 0.6 is 0 Å². The highest BCUT2D eigenvalue weighted by Crippen LogP contribution is 2.09. The van der Waals surface area contributed by atoms with E-state index in [0.29, 0.717) is 18.8 Å². The van der Waals surface area contributed by atoms with Gasteiger partial charge in [0.2, 0.25) is 5.91 Å². The molecule has 1 aliphatic heterocycles. The molecule has 0 unspecified atom stereocenters. The van der Waals surface area contributed by atoms with Gasteiger partial charge in [-0.1, -0.05) is 6.07 Å². The van der Waals surface area contributed by atoms with Crippen LogP contribution in [0.3, 0.4) is 0 Å². The van der Waals surface area contributed by atoms with Crippen LogP contribution in [-0.4, -0.2) is 44.1 Å². The summed E-state index contributed by atoms with van der Waals surface area (Å²) in [5, 5.41) is 15.9. The van der Waals surface area contributed by atoms with E-state index in [4.69, 9.17) is 0 Å². The van der Waals surface area contributed by atoms with Crippen molar-refractivity contribution in [3.8, 4) is 0 Å². The zero-order valence-electron chi connectivity index (χ0n) is 11.6. The second-order valence-corrected chi connectivity index (χ2v) is 5.16. The molecule has 1 amide bonds. The molecule has 0 aliphatic carbocycles.